The predicted molar refractivity (Wildman–Crippen MR) is 79.3 cm³/mol. The molecule has 0 aliphatic rings. The molecule has 0 aliphatic heterocycles. The van der Waals surface area contributed by atoms with Crippen molar-refractivity contribution in [3.63, 3.8) is 0 Å². The standard InChI is InChI=1S/C15H11F2N5/c1-7-12(10-6-19-20-15(10)14(17)13(7)16)8-2-3-22-9(4-8)5-11(18)21-22/h2-6H,1H3,(H2,18,21)(H,19,20). The molecule has 22 heavy (non-hydrogen) atoms. The first kappa shape index (κ1) is 12.8. The number of anilines is 1. The van der Waals surface area contributed by atoms with Crippen LogP contribution in [-0.2, 0) is 0 Å². The minimum absolute atomic E-state index is 0.0611. The highest BCUT2D eigenvalue weighted by atomic mass is 19.2. The number of H-pyrrole nitrogens is 1. The third-order valence-corrected chi connectivity index (χ3v) is 3.80. The van der Waals surface area contributed by atoms with Gasteiger partial charge >= 0.3 is 0 Å². The molecule has 0 saturated carbocycles. The second kappa shape index (κ2) is 4.27. The highest BCUT2D eigenvalue weighted by Gasteiger charge is 2.19. The number of halogens is 2. The average Bonchev–Trinajstić information content (AvgIpc) is 3.10. The van der Waals surface area contributed by atoms with E-state index in [1.165, 1.54) is 6.20 Å². The van der Waals surface area contributed by atoms with Gasteiger partial charge in [-0.2, -0.15) is 10.2 Å². The van der Waals surface area contributed by atoms with Crippen LogP contribution >= 0.6 is 0 Å². The minimum Gasteiger partial charge on any atom is -0.382 e. The van der Waals surface area contributed by atoms with Crippen LogP contribution in [-0.4, -0.2) is 19.8 Å². The monoisotopic (exact) mass is 299 g/mol. The van der Waals surface area contributed by atoms with Gasteiger partial charge in [0.05, 0.1) is 11.7 Å². The molecule has 5 nitrogen and oxygen atoms in total. The SMILES string of the molecule is Cc1c(F)c(F)c2[nH]ncc2c1-c1ccn2nc(N)cc2c1. The van der Waals surface area contributed by atoms with E-state index < -0.39 is 11.6 Å². The van der Waals surface area contributed by atoms with E-state index in [2.05, 4.69) is 15.3 Å². The summed E-state index contributed by atoms with van der Waals surface area (Å²) in [5.74, 6) is -1.39. The summed E-state index contributed by atoms with van der Waals surface area (Å²) < 4.78 is 29.7. The van der Waals surface area contributed by atoms with E-state index in [0.717, 1.165) is 11.1 Å². The Morgan fingerprint density at radius 1 is 1.23 bits per heavy atom. The van der Waals surface area contributed by atoms with Gasteiger partial charge in [-0.1, -0.05) is 0 Å². The molecule has 110 valence electrons. The lowest BCUT2D eigenvalue weighted by molar-refractivity contribution is 0.510. The van der Waals surface area contributed by atoms with Gasteiger partial charge in [0.1, 0.15) is 11.3 Å². The largest absolute Gasteiger partial charge is 0.382 e. The highest BCUT2D eigenvalue weighted by molar-refractivity contribution is 5.97. The lowest BCUT2D eigenvalue weighted by atomic mass is 9.96. The van der Waals surface area contributed by atoms with Crippen molar-refractivity contribution in [2.45, 2.75) is 6.92 Å². The van der Waals surface area contributed by atoms with Crippen LogP contribution in [0.2, 0.25) is 0 Å². The Balaban J connectivity index is 2.09. The number of nitrogen functional groups attached to an aromatic ring is 1. The van der Waals surface area contributed by atoms with Crippen LogP contribution in [0.1, 0.15) is 5.56 Å². The number of fused-ring (bicyclic) bond motifs is 2. The zero-order chi connectivity index (χ0) is 15.4. The van der Waals surface area contributed by atoms with E-state index in [-0.39, 0.29) is 11.1 Å². The number of nitrogens with one attached hydrogen (secondary N) is 1. The predicted octanol–water partition coefficient (Wildman–Crippen LogP) is 3.05. The van der Waals surface area contributed by atoms with E-state index in [1.54, 1.807) is 29.8 Å². The first-order valence-electron chi connectivity index (χ1n) is 6.62. The van der Waals surface area contributed by atoms with Crippen LogP contribution in [0.3, 0.4) is 0 Å². The fraction of sp³-hybridized carbons (Fsp3) is 0.0667. The number of nitrogens with two attached hydrogens (primary N) is 1. The summed E-state index contributed by atoms with van der Waals surface area (Å²) >= 11 is 0. The molecule has 1 aromatic carbocycles. The van der Waals surface area contributed by atoms with E-state index in [4.69, 9.17) is 5.73 Å². The van der Waals surface area contributed by atoms with Gasteiger partial charge in [0.15, 0.2) is 11.6 Å². The molecule has 0 atom stereocenters. The molecular weight excluding hydrogens is 288 g/mol. The summed E-state index contributed by atoms with van der Waals surface area (Å²) in [4.78, 5) is 0. The van der Waals surface area contributed by atoms with E-state index >= 15 is 0 Å². The minimum atomic E-state index is -0.913. The Morgan fingerprint density at radius 3 is 2.86 bits per heavy atom. The van der Waals surface area contributed by atoms with Crippen LogP contribution < -0.4 is 5.73 Å². The zero-order valence-electron chi connectivity index (χ0n) is 11.6. The number of rotatable bonds is 1. The molecule has 0 radical (unpaired) electrons. The van der Waals surface area contributed by atoms with Crippen molar-refractivity contribution < 1.29 is 8.78 Å². The molecule has 0 amide bonds. The Morgan fingerprint density at radius 2 is 2.05 bits per heavy atom. The third kappa shape index (κ3) is 1.62. The summed E-state index contributed by atoms with van der Waals surface area (Å²) in [6, 6.07) is 5.33. The number of aromatic amines is 1. The molecular formula is C15H11F2N5. The van der Waals surface area contributed by atoms with Gasteiger partial charge in [-0.25, -0.2) is 13.3 Å². The molecule has 4 rings (SSSR count). The van der Waals surface area contributed by atoms with Gasteiger partial charge in [-0.3, -0.25) is 5.10 Å². The molecule has 0 aliphatic carbocycles. The van der Waals surface area contributed by atoms with Crippen molar-refractivity contribution in [3.8, 4) is 11.1 Å². The molecule has 0 spiro atoms. The summed E-state index contributed by atoms with van der Waals surface area (Å²) in [5.41, 5.74) is 8.09. The Labute approximate surface area is 123 Å². The van der Waals surface area contributed by atoms with Gasteiger partial charge in [0.2, 0.25) is 0 Å². The normalized spacial score (nSPS) is 11.6. The van der Waals surface area contributed by atoms with E-state index in [0.29, 0.717) is 16.8 Å². The second-order valence-corrected chi connectivity index (χ2v) is 5.14. The zero-order valence-corrected chi connectivity index (χ0v) is 11.6. The molecule has 3 N–H and O–H groups in total. The fourth-order valence-corrected chi connectivity index (χ4v) is 2.77. The van der Waals surface area contributed by atoms with Crippen LogP contribution in [0.5, 0.6) is 0 Å². The molecule has 3 aromatic heterocycles. The van der Waals surface area contributed by atoms with Crippen LogP contribution in [0.15, 0.2) is 30.6 Å². The summed E-state index contributed by atoms with van der Waals surface area (Å²) in [5, 5.41) is 11.0. The Kier molecular flexibility index (Phi) is 2.47. The van der Waals surface area contributed by atoms with Crippen molar-refractivity contribution in [3.05, 3.63) is 47.8 Å². The van der Waals surface area contributed by atoms with Gasteiger partial charge in [-0.05, 0) is 35.7 Å². The number of pyridine rings is 1. The molecule has 7 heteroatoms. The number of hydrogen-bond acceptors (Lipinski definition) is 3. The van der Waals surface area contributed by atoms with Gasteiger partial charge in [0.25, 0.3) is 0 Å². The topological polar surface area (TPSA) is 72.0 Å². The summed E-state index contributed by atoms with van der Waals surface area (Å²) in [6.45, 7) is 1.55. The number of nitrogens with zero attached hydrogens (tertiary/aromatic N) is 3. The average molecular weight is 299 g/mol. The number of aromatic nitrogens is 4. The maximum atomic E-state index is 14.1. The highest BCUT2D eigenvalue weighted by Crippen LogP contribution is 2.35. The molecule has 4 aromatic rings. The van der Waals surface area contributed by atoms with Crippen molar-refractivity contribution >= 4 is 22.2 Å². The van der Waals surface area contributed by atoms with Crippen LogP contribution in [0.25, 0.3) is 27.5 Å². The fourth-order valence-electron chi connectivity index (χ4n) is 2.77. The van der Waals surface area contributed by atoms with Crippen molar-refractivity contribution in [1.29, 1.82) is 0 Å². The Bertz CT molecular complexity index is 1030. The van der Waals surface area contributed by atoms with Gasteiger partial charge in [-0.15, -0.1) is 0 Å². The molecule has 0 bridgehead atoms. The van der Waals surface area contributed by atoms with Crippen LogP contribution in [0.4, 0.5) is 14.6 Å². The quantitative estimate of drug-likeness (QED) is 0.567. The van der Waals surface area contributed by atoms with E-state index in [9.17, 15) is 8.78 Å². The first-order valence-corrected chi connectivity index (χ1v) is 6.62. The third-order valence-electron chi connectivity index (χ3n) is 3.80. The Hall–Kier alpha value is -2.96. The van der Waals surface area contributed by atoms with Crippen LogP contribution in [0, 0.1) is 18.6 Å². The summed E-state index contributed by atoms with van der Waals surface area (Å²) in [7, 11) is 0. The first-order chi connectivity index (χ1) is 10.6. The maximum Gasteiger partial charge on any atom is 0.184 e. The van der Waals surface area contributed by atoms with Crippen molar-refractivity contribution in [2.24, 2.45) is 0 Å². The molecule has 3 heterocycles. The second-order valence-electron chi connectivity index (χ2n) is 5.14. The van der Waals surface area contributed by atoms with Gasteiger partial charge in [0, 0.05) is 17.6 Å². The van der Waals surface area contributed by atoms with E-state index in [1.807, 2.05) is 6.07 Å². The molecule has 0 saturated heterocycles. The van der Waals surface area contributed by atoms with Gasteiger partial charge < -0.3 is 5.73 Å². The molecule has 0 unspecified atom stereocenters. The number of benzene rings is 1. The lowest BCUT2D eigenvalue weighted by Gasteiger charge is -2.10. The van der Waals surface area contributed by atoms with Crippen molar-refractivity contribution in [1.82, 2.24) is 19.8 Å². The summed E-state index contributed by atoms with van der Waals surface area (Å²) in [6.07, 6.45) is 3.22. The number of hydrogen-bond donors (Lipinski definition) is 2. The smallest absolute Gasteiger partial charge is 0.184 e. The lowest BCUT2D eigenvalue weighted by Crippen LogP contribution is -1.96. The maximum absolute atomic E-state index is 14.1. The van der Waals surface area contributed by atoms with Crippen molar-refractivity contribution in [2.75, 3.05) is 5.73 Å². The molecule has 0 fully saturated rings.